The zero-order chi connectivity index (χ0) is 48.2. The Morgan fingerprint density at radius 3 is 2.25 bits per heavy atom. The topological polar surface area (TPSA) is 178 Å². The average molecular weight is 914 g/mol. The summed E-state index contributed by atoms with van der Waals surface area (Å²) in [6.07, 6.45) is 13.0. The molecule has 1 aliphatic carbocycles. The first kappa shape index (κ1) is 54.7. The number of aliphatic hydroxyl groups is 3. The van der Waals surface area contributed by atoms with Crippen molar-refractivity contribution in [1.29, 1.82) is 0 Å². The van der Waals surface area contributed by atoms with Gasteiger partial charge in [0.1, 0.15) is 18.0 Å². The van der Waals surface area contributed by atoms with Crippen molar-refractivity contribution in [2.45, 2.75) is 193 Å². The van der Waals surface area contributed by atoms with E-state index in [0.717, 1.165) is 18.4 Å². The summed E-state index contributed by atoms with van der Waals surface area (Å²) in [6.45, 7) is 15.3. The minimum Gasteiger partial charge on any atom is -0.390 e. The van der Waals surface area contributed by atoms with E-state index >= 15 is 0 Å². The fraction of sp³-hybridized carbons (Fsp3) is 0.769. The van der Waals surface area contributed by atoms with Crippen LogP contribution in [-0.4, -0.2) is 132 Å². The van der Waals surface area contributed by atoms with Crippen molar-refractivity contribution in [3.63, 3.8) is 0 Å². The molecule has 3 fully saturated rings. The molecule has 4 aliphatic rings. The van der Waals surface area contributed by atoms with E-state index in [1.54, 1.807) is 41.1 Å². The van der Waals surface area contributed by atoms with Gasteiger partial charge in [-0.1, -0.05) is 71.1 Å². The number of ketones is 3. The number of Topliss-reactive ketones (excluding diaryl/α,β-unsaturated/α-hetero) is 3. The Morgan fingerprint density at radius 1 is 0.846 bits per heavy atom. The number of ether oxygens (including phenoxy) is 5. The van der Waals surface area contributed by atoms with Gasteiger partial charge in [-0.15, -0.1) is 0 Å². The Balaban J connectivity index is 1.70. The summed E-state index contributed by atoms with van der Waals surface area (Å²) in [5.74, 6) is -5.96. The highest BCUT2D eigenvalue weighted by Crippen LogP contribution is 2.38. The molecule has 1 saturated carbocycles. The Hall–Kier alpha value is -2.88. The molecule has 13 heteroatoms. The van der Waals surface area contributed by atoms with E-state index in [0.29, 0.717) is 69.9 Å². The molecule has 16 atom stereocenters. The first-order valence-corrected chi connectivity index (χ1v) is 24.4. The second kappa shape index (κ2) is 25.5. The molecule has 2 unspecified atom stereocenters. The van der Waals surface area contributed by atoms with Crippen LogP contribution >= 0.6 is 0 Å². The van der Waals surface area contributed by atoms with Crippen LogP contribution in [0.5, 0.6) is 0 Å². The number of carbonyl (C=O) groups excluding carboxylic acids is 4. The number of rotatable bonds is 6. The van der Waals surface area contributed by atoms with Crippen molar-refractivity contribution < 1.29 is 58.2 Å². The van der Waals surface area contributed by atoms with Crippen molar-refractivity contribution in [3.05, 3.63) is 47.6 Å². The van der Waals surface area contributed by atoms with Crippen LogP contribution in [0, 0.1) is 35.5 Å². The van der Waals surface area contributed by atoms with Crippen molar-refractivity contribution in [2.75, 3.05) is 27.9 Å². The van der Waals surface area contributed by atoms with E-state index in [1.807, 2.05) is 58.1 Å². The maximum absolute atomic E-state index is 14.4. The Labute approximate surface area is 389 Å². The summed E-state index contributed by atoms with van der Waals surface area (Å²) in [5, 5.41) is 34.0. The number of carbonyl (C=O) groups is 4. The number of allylic oxidation sites excluding steroid dienone is 6. The standard InChI is InChI=1S/C52H83NO12/c1-31-17-13-12-14-18-32(2)44(61-9)29-40-22-20-37(7)52(60,65-40)50(58)51(59)53-24-16-15-19-41(53)38(8)64-45(34(4)27-39-21-23-42(54)46(28-39)62-10)30-43(55)33(3)26-36(6)48(57)49(63-11)47(56)35(5)25-31/h12-14,17-18,26,31,33-35,37-42,44-46,48-49,54,57,60H,15-16,19-25,27-30H2,1-11H3/b14-12+,17-13+,32-18+,36-26+/t31-,33-,34-,35-,37-,38?,39+,40+,41+,42-,44+,45?,46-,48-,49+,52-/m1/s1. The van der Waals surface area contributed by atoms with Gasteiger partial charge in [0.25, 0.3) is 11.7 Å². The molecule has 3 N–H and O–H groups in total. The molecular formula is C52H83NO12. The first-order chi connectivity index (χ1) is 30.7. The molecule has 0 aromatic carbocycles. The molecule has 3 heterocycles. The molecular weight excluding hydrogens is 831 g/mol. The minimum absolute atomic E-state index is 0.0432. The molecule has 4 rings (SSSR count). The number of methoxy groups -OCH3 is 3. The van der Waals surface area contributed by atoms with Gasteiger partial charge in [-0.25, -0.2) is 0 Å². The highest BCUT2D eigenvalue weighted by molar-refractivity contribution is 6.38. The fourth-order valence-electron chi connectivity index (χ4n) is 10.6. The van der Waals surface area contributed by atoms with Gasteiger partial charge in [0.15, 0.2) is 5.78 Å². The lowest BCUT2D eigenvalue weighted by atomic mass is 9.78. The van der Waals surface area contributed by atoms with Crippen LogP contribution in [0.15, 0.2) is 47.6 Å². The van der Waals surface area contributed by atoms with Crippen LogP contribution in [0.1, 0.15) is 132 Å². The number of fused-ring (bicyclic) bond motifs is 3. The molecule has 3 aliphatic heterocycles. The molecule has 0 spiro atoms. The summed E-state index contributed by atoms with van der Waals surface area (Å²) in [6, 6.07) is -0.501. The van der Waals surface area contributed by atoms with Crippen LogP contribution in [0.4, 0.5) is 0 Å². The molecule has 1 amide bonds. The van der Waals surface area contributed by atoms with Gasteiger partial charge in [0.05, 0.1) is 42.7 Å². The van der Waals surface area contributed by atoms with Crippen LogP contribution in [0.3, 0.4) is 0 Å². The van der Waals surface area contributed by atoms with Gasteiger partial charge < -0.3 is 43.9 Å². The Kier molecular flexibility index (Phi) is 21.4. The van der Waals surface area contributed by atoms with Crippen LogP contribution in [0.2, 0.25) is 0 Å². The lowest BCUT2D eigenvalue weighted by Crippen LogP contribution is -2.61. The summed E-state index contributed by atoms with van der Waals surface area (Å²) in [5.41, 5.74) is 1.37. The third-order valence-corrected chi connectivity index (χ3v) is 14.9. The van der Waals surface area contributed by atoms with Gasteiger partial charge in [-0.3, -0.25) is 19.2 Å². The predicted molar refractivity (Wildman–Crippen MR) is 250 cm³/mol. The largest absolute Gasteiger partial charge is 0.390 e. The summed E-state index contributed by atoms with van der Waals surface area (Å²) >= 11 is 0. The van der Waals surface area contributed by atoms with Crippen molar-refractivity contribution in [2.24, 2.45) is 35.5 Å². The van der Waals surface area contributed by atoms with E-state index in [9.17, 15) is 34.5 Å². The van der Waals surface area contributed by atoms with E-state index < -0.39 is 77.9 Å². The lowest BCUT2D eigenvalue weighted by Gasteiger charge is -2.44. The summed E-state index contributed by atoms with van der Waals surface area (Å²) in [4.78, 5) is 58.2. The summed E-state index contributed by atoms with van der Waals surface area (Å²) < 4.78 is 30.2. The van der Waals surface area contributed by atoms with Crippen LogP contribution in [-0.2, 0) is 42.9 Å². The predicted octanol–water partition coefficient (Wildman–Crippen LogP) is 7.04. The van der Waals surface area contributed by atoms with Gasteiger partial charge in [0, 0.05) is 58.5 Å². The number of nitrogens with zero attached hydrogens (tertiary/aromatic N) is 1. The maximum atomic E-state index is 14.4. The third kappa shape index (κ3) is 14.6. The monoisotopic (exact) mass is 914 g/mol. The minimum atomic E-state index is -2.32. The molecule has 2 bridgehead atoms. The summed E-state index contributed by atoms with van der Waals surface area (Å²) in [7, 11) is 4.63. The molecule has 368 valence electrons. The molecule has 0 aromatic rings. The normalized spacial score (nSPS) is 41.7. The van der Waals surface area contributed by atoms with E-state index in [-0.39, 0.29) is 47.9 Å². The van der Waals surface area contributed by atoms with Crippen LogP contribution < -0.4 is 0 Å². The second-order valence-electron chi connectivity index (χ2n) is 20.0. The molecule has 65 heavy (non-hydrogen) atoms. The molecule has 0 aromatic heterocycles. The zero-order valence-electron chi connectivity index (χ0n) is 41.3. The Morgan fingerprint density at radius 2 is 1.57 bits per heavy atom. The number of hydrogen-bond donors (Lipinski definition) is 3. The van der Waals surface area contributed by atoms with Crippen molar-refractivity contribution in [3.8, 4) is 0 Å². The Bertz CT molecular complexity index is 1710. The number of hydrogen-bond acceptors (Lipinski definition) is 12. The van der Waals surface area contributed by atoms with E-state index in [1.165, 1.54) is 12.0 Å². The van der Waals surface area contributed by atoms with E-state index in [2.05, 4.69) is 6.92 Å². The van der Waals surface area contributed by atoms with Gasteiger partial charge >= 0.3 is 0 Å². The SMILES string of the molecule is CO[C@H]1C[C@@H]2CC[C@@H](C)[C@@](O)(O2)C(=O)C(=O)N2CCCC[C@H]2C(C)OC([C@H](C)C[C@@H]2CC[C@@H](O)[C@H](OC)C2)CC(=O)[C@H](C)/C=C(\C)[C@@H](O)[C@@H](OC)C(=O)[C@H](C)C[C@H](C)/C=C/C=C/C=C/1C. The highest BCUT2D eigenvalue weighted by Gasteiger charge is 2.53. The first-order valence-electron chi connectivity index (χ1n) is 24.4. The van der Waals surface area contributed by atoms with E-state index in [4.69, 9.17) is 23.7 Å². The third-order valence-electron chi connectivity index (χ3n) is 14.9. The molecule has 2 saturated heterocycles. The number of aliphatic hydroxyl groups excluding tert-OH is 2. The van der Waals surface area contributed by atoms with Gasteiger partial charge in [0.2, 0.25) is 5.79 Å². The quantitative estimate of drug-likeness (QED) is 0.183. The molecule has 0 radical (unpaired) electrons. The lowest BCUT2D eigenvalue weighted by molar-refractivity contribution is -0.265. The van der Waals surface area contributed by atoms with Crippen molar-refractivity contribution in [1.82, 2.24) is 4.90 Å². The molecule has 13 nitrogen and oxygen atoms in total. The van der Waals surface area contributed by atoms with Crippen LogP contribution in [0.25, 0.3) is 0 Å². The van der Waals surface area contributed by atoms with Gasteiger partial charge in [-0.2, -0.15) is 0 Å². The van der Waals surface area contributed by atoms with Crippen molar-refractivity contribution >= 4 is 23.3 Å². The number of amides is 1. The van der Waals surface area contributed by atoms with Gasteiger partial charge in [-0.05, 0) is 114 Å². The smallest absolute Gasteiger partial charge is 0.296 e. The fourth-order valence-corrected chi connectivity index (χ4v) is 10.6. The second-order valence-corrected chi connectivity index (χ2v) is 20.0. The highest BCUT2D eigenvalue weighted by atomic mass is 16.6. The average Bonchev–Trinajstić information content (AvgIpc) is 3.28. The number of piperidine rings is 1. The maximum Gasteiger partial charge on any atom is 0.296 e. The zero-order valence-corrected chi connectivity index (χ0v) is 41.3.